The molecule has 0 radical (unpaired) electrons. The summed E-state index contributed by atoms with van der Waals surface area (Å²) in [5.41, 5.74) is 6.34. The first kappa shape index (κ1) is 17.9. The van der Waals surface area contributed by atoms with Gasteiger partial charge in [0.15, 0.2) is 0 Å². The second-order valence-corrected chi connectivity index (χ2v) is 8.01. The molecule has 1 heterocycles. The van der Waals surface area contributed by atoms with Crippen LogP contribution in [0.3, 0.4) is 0 Å². The minimum atomic E-state index is 0.497. The van der Waals surface area contributed by atoms with Crippen molar-refractivity contribution in [2.75, 3.05) is 0 Å². The molecule has 2 nitrogen and oxygen atoms in total. The van der Waals surface area contributed by atoms with E-state index in [4.69, 9.17) is 9.72 Å². The minimum absolute atomic E-state index is 0.497. The first-order chi connectivity index (χ1) is 14.3. The van der Waals surface area contributed by atoms with Gasteiger partial charge in [0.1, 0.15) is 12.4 Å². The molecule has 2 heteroatoms. The van der Waals surface area contributed by atoms with Gasteiger partial charge in [-0.15, -0.1) is 0 Å². The number of benzene rings is 3. The van der Waals surface area contributed by atoms with E-state index in [1.165, 1.54) is 29.5 Å². The van der Waals surface area contributed by atoms with E-state index in [0.717, 1.165) is 35.2 Å². The normalized spacial score (nSPS) is 15.8. The average molecular weight is 380 g/mol. The first-order valence-corrected chi connectivity index (χ1v) is 10.5. The van der Waals surface area contributed by atoms with E-state index in [0.29, 0.717) is 12.5 Å². The van der Waals surface area contributed by atoms with Crippen LogP contribution in [0.25, 0.3) is 10.9 Å². The fourth-order valence-corrected chi connectivity index (χ4v) is 4.37. The number of ether oxygens (including phenoxy) is 1. The lowest BCUT2D eigenvalue weighted by molar-refractivity contribution is 0.301. The molecule has 3 aromatic carbocycles. The maximum Gasteiger partial charge on any atom is 0.130 e. The molecular formula is C27H25NO. The van der Waals surface area contributed by atoms with Crippen molar-refractivity contribution in [3.05, 3.63) is 107 Å². The molecule has 1 aromatic heterocycles. The Balaban J connectivity index is 1.27. The molecule has 0 N–H and O–H groups in total. The van der Waals surface area contributed by atoms with Gasteiger partial charge in [0.05, 0.1) is 11.2 Å². The predicted octanol–water partition coefficient (Wildman–Crippen LogP) is 6.16. The molecule has 1 atom stereocenters. The molecule has 0 spiro atoms. The lowest BCUT2D eigenvalue weighted by Crippen LogP contribution is -2.16. The number of para-hydroxylation sites is 1. The molecule has 0 amide bonds. The monoisotopic (exact) mass is 379 g/mol. The van der Waals surface area contributed by atoms with Crippen LogP contribution in [0.15, 0.2) is 84.9 Å². The van der Waals surface area contributed by atoms with Crippen LogP contribution in [0.1, 0.15) is 28.8 Å². The summed E-state index contributed by atoms with van der Waals surface area (Å²) in [6, 6.07) is 29.8. The second-order valence-electron chi connectivity index (χ2n) is 8.01. The van der Waals surface area contributed by atoms with Crippen LogP contribution in [0.2, 0.25) is 0 Å². The fourth-order valence-electron chi connectivity index (χ4n) is 4.37. The van der Waals surface area contributed by atoms with Crippen molar-refractivity contribution in [3.8, 4) is 5.75 Å². The molecule has 0 fully saturated rings. The third kappa shape index (κ3) is 4.17. The summed E-state index contributed by atoms with van der Waals surface area (Å²) in [5, 5.41) is 1.16. The largest absolute Gasteiger partial charge is 0.487 e. The van der Waals surface area contributed by atoms with E-state index in [9.17, 15) is 0 Å². The summed E-state index contributed by atoms with van der Waals surface area (Å²) in [5.74, 6) is 1.65. The van der Waals surface area contributed by atoms with Gasteiger partial charge in [-0.1, -0.05) is 60.7 Å². The summed E-state index contributed by atoms with van der Waals surface area (Å²) < 4.78 is 6.10. The van der Waals surface area contributed by atoms with Gasteiger partial charge in [-0.2, -0.15) is 0 Å². The Kier molecular flexibility index (Phi) is 5.00. The van der Waals surface area contributed by atoms with Crippen LogP contribution in [-0.2, 0) is 25.9 Å². The van der Waals surface area contributed by atoms with Crippen LogP contribution in [0.4, 0.5) is 0 Å². The van der Waals surface area contributed by atoms with Gasteiger partial charge >= 0.3 is 0 Å². The zero-order chi connectivity index (χ0) is 19.5. The van der Waals surface area contributed by atoms with Crippen molar-refractivity contribution in [2.45, 2.75) is 32.3 Å². The molecule has 1 unspecified atom stereocenters. The number of aryl methyl sites for hydroxylation is 1. The molecule has 144 valence electrons. The van der Waals surface area contributed by atoms with E-state index in [1.54, 1.807) is 0 Å². The highest BCUT2D eigenvalue weighted by Gasteiger charge is 2.19. The van der Waals surface area contributed by atoms with Gasteiger partial charge in [-0.05, 0) is 72.6 Å². The second kappa shape index (κ2) is 8.08. The van der Waals surface area contributed by atoms with Crippen molar-refractivity contribution in [1.29, 1.82) is 0 Å². The zero-order valence-electron chi connectivity index (χ0n) is 16.6. The van der Waals surface area contributed by atoms with Gasteiger partial charge in [0, 0.05) is 5.39 Å². The van der Waals surface area contributed by atoms with Crippen LogP contribution >= 0.6 is 0 Å². The van der Waals surface area contributed by atoms with Gasteiger partial charge in [-0.3, -0.25) is 0 Å². The Bertz CT molecular complexity index is 1120. The topological polar surface area (TPSA) is 22.1 Å². The highest BCUT2D eigenvalue weighted by Crippen LogP contribution is 2.30. The Morgan fingerprint density at radius 2 is 1.69 bits per heavy atom. The lowest BCUT2D eigenvalue weighted by Gasteiger charge is -2.25. The number of hydrogen-bond donors (Lipinski definition) is 0. The first-order valence-electron chi connectivity index (χ1n) is 10.5. The molecule has 1 aliphatic rings. The Hall–Kier alpha value is -3.13. The average Bonchev–Trinajstić information content (AvgIpc) is 2.78. The van der Waals surface area contributed by atoms with Crippen molar-refractivity contribution < 1.29 is 4.74 Å². The number of aromatic nitrogens is 1. The summed E-state index contributed by atoms with van der Waals surface area (Å²) >= 11 is 0. The van der Waals surface area contributed by atoms with Crippen LogP contribution in [-0.4, -0.2) is 4.98 Å². The SMILES string of the molecule is c1ccc(CC2CCc3ccc(OCc4ccc5ccccc5n4)cc3C2)cc1. The number of fused-ring (bicyclic) bond motifs is 2. The molecule has 0 bridgehead atoms. The highest BCUT2D eigenvalue weighted by molar-refractivity contribution is 5.78. The fraction of sp³-hybridized carbons (Fsp3) is 0.222. The maximum atomic E-state index is 6.10. The van der Waals surface area contributed by atoms with Gasteiger partial charge in [-0.25, -0.2) is 4.98 Å². The molecule has 0 saturated heterocycles. The number of rotatable bonds is 5. The molecule has 29 heavy (non-hydrogen) atoms. The summed E-state index contributed by atoms with van der Waals surface area (Å²) in [6.45, 7) is 0.497. The van der Waals surface area contributed by atoms with Crippen molar-refractivity contribution in [1.82, 2.24) is 4.98 Å². The van der Waals surface area contributed by atoms with E-state index in [1.807, 2.05) is 18.2 Å². The number of pyridine rings is 1. The standard InChI is InChI=1S/C27H25NO/c1-2-6-20(7-3-1)16-21-10-11-22-13-15-26(18-24(22)17-21)29-19-25-14-12-23-8-4-5-9-27(23)28-25/h1-9,12-15,18,21H,10-11,16-17,19H2. The third-order valence-corrected chi connectivity index (χ3v) is 5.92. The lowest BCUT2D eigenvalue weighted by atomic mass is 9.81. The van der Waals surface area contributed by atoms with E-state index in [-0.39, 0.29) is 0 Å². The number of nitrogens with zero attached hydrogens (tertiary/aromatic N) is 1. The molecule has 4 aromatic rings. The Labute approximate surface area is 172 Å². The summed E-state index contributed by atoms with van der Waals surface area (Å²) in [7, 11) is 0. The summed E-state index contributed by atoms with van der Waals surface area (Å²) in [4.78, 5) is 4.71. The van der Waals surface area contributed by atoms with Crippen molar-refractivity contribution in [2.24, 2.45) is 5.92 Å². The van der Waals surface area contributed by atoms with Crippen LogP contribution in [0.5, 0.6) is 5.75 Å². The minimum Gasteiger partial charge on any atom is -0.487 e. The molecule has 0 aliphatic heterocycles. The third-order valence-electron chi connectivity index (χ3n) is 5.92. The molecular weight excluding hydrogens is 354 g/mol. The number of hydrogen-bond acceptors (Lipinski definition) is 2. The van der Waals surface area contributed by atoms with Crippen molar-refractivity contribution >= 4 is 10.9 Å². The molecule has 5 rings (SSSR count). The Morgan fingerprint density at radius 1 is 0.828 bits per heavy atom. The highest BCUT2D eigenvalue weighted by atomic mass is 16.5. The quantitative estimate of drug-likeness (QED) is 0.414. The van der Waals surface area contributed by atoms with E-state index >= 15 is 0 Å². The zero-order valence-corrected chi connectivity index (χ0v) is 16.6. The van der Waals surface area contributed by atoms with E-state index in [2.05, 4.69) is 66.7 Å². The van der Waals surface area contributed by atoms with Gasteiger partial charge < -0.3 is 4.74 Å². The Morgan fingerprint density at radius 3 is 2.62 bits per heavy atom. The summed E-state index contributed by atoms with van der Waals surface area (Å²) in [6.07, 6.45) is 4.73. The maximum absolute atomic E-state index is 6.10. The van der Waals surface area contributed by atoms with Crippen molar-refractivity contribution in [3.63, 3.8) is 0 Å². The van der Waals surface area contributed by atoms with Gasteiger partial charge in [0.2, 0.25) is 0 Å². The molecule has 1 aliphatic carbocycles. The molecule has 0 saturated carbocycles. The van der Waals surface area contributed by atoms with Gasteiger partial charge in [0.25, 0.3) is 0 Å². The van der Waals surface area contributed by atoms with Crippen LogP contribution in [0, 0.1) is 5.92 Å². The van der Waals surface area contributed by atoms with E-state index < -0.39 is 0 Å². The smallest absolute Gasteiger partial charge is 0.130 e. The van der Waals surface area contributed by atoms with Crippen LogP contribution < -0.4 is 4.74 Å². The predicted molar refractivity (Wildman–Crippen MR) is 118 cm³/mol.